The molecule has 1 atom stereocenters. The molecule has 2 aliphatic rings. The lowest BCUT2D eigenvalue weighted by Gasteiger charge is -2.37. The van der Waals surface area contributed by atoms with Gasteiger partial charge in [0.2, 0.25) is 6.79 Å². The summed E-state index contributed by atoms with van der Waals surface area (Å²) >= 11 is 0. The molecule has 1 fully saturated rings. The van der Waals surface area contributed by atoms with Gasteiger partial charge in [-0.3, -0.25) is 4.90 Å². The molecule has 8 heteroatoms. The SMILES string of the molecule is CCCC(c1nnnn1Cc1ccc2c(c1)OCO2)N1CCN(C)CC1. The van der Waals surface area contributed by atoms with Gasteiger partial charge in [0.1, 0.15) is 0 Å². The van der Waals surface area contributed by atoms with Gasteiger partial charge in [-0.2, -0.15) is 0 Å². The van der Waals surface area contributed by atoms with Gasteiger partial charge < -0.3 is 14.4 Å². The van der Waals surface area contributed by atoms with Crippen LogP contribution in [0.25, 0.3) is 0 Å². The van der Waals surface area contributed by atoms with Crippen molar-refractivity contribution in [3.8, 4) is 11.5 Å². The summed E-state index contributed by atoms with van der Waals surface area (Å²) < 4.78 is 12.8. The highest BCUT2D eigenvalue weighted by Gasteiger charge is 2.28. The van der Waals surface area contributed by atoms with Crippen molar-refractivity contribution in [1.29, 1.82) is 0 Å². The largest absolute Gasteiger partial charge is 0.454 e. The Labute approximate surface area is 153 Å². The number of nitrogens with zero attached hydrogens (tertiary/aromatic N) is 6. The Morgan fingerprint density at radius 2 is 1.92 bits per heavy atom. The fourth-order valence-electron chi connectivity index (χ4n) is 3.66. The van der Waals surface area contributed by atoms with Crippen LogP contribution in [0.15, 0.2) is 18.2 Å². The predicted molar refractivity (Wildman–Crippen MR) is 96.2 cm³/mol. The van der Waals surface area contributed by atoms with E-state index in [1.54, 1.807) is 0 Å². The summed E-state index contributed by atoms with van der Waals surface area (Å²) in [7, 11) is 2.18. The molecule has 2 aliphatic heterocycles. The molecule has 0 saturated carbocycles. The summed E-state index contributed by atoms with van der Waals surface area (Å²) in [5, 5.41) is 12.6. The minimum absolute atomic E-state index is 0.262. The minimum atomic E-state index is 0.262. The summed E-state index contributed by atoms with van der Waals surface area (Å²) in [6, 6.07) is 6.27. The number of hydrogen-bond acceptors (Lipinski definition) is 7. The Bertz CT molecular complexity index is 741. The van der Waals surface area contributed by atoms with E-state index in [1.807, 2.05) is 22.9 Å². The average Bonchev–Trinajstić information content (AvgIpc) is 3.29. The van der Waals surface area contributed by atoms with Crippen molar-refractivity contribution >= 4 is 0 Å². The summed E-state index contributed by atoms with van der Waals surface area (Å²) in [6.07, 6.45) is 2.17. The Morgan fingerprint density at radius 1 is 1.12 bits per heavy atom. The highest BCUT2D eigenvalue weighted by atomic mass is 16.7. The number of rotatable bonds is 6. The molecule has 0 spiro atoms. The molecule has 0 aliphatic carbocycles. The molecule has 2 aromatic rings. The molecule has 0 bridgehead atoms. The van der Waals surface area contributed by atoms with Gasteiger partial charge in [-0.15, -0.1) is 5.10 Å². The van der Waals surface area contributed by atoms with Crippen LogP contribution in [-0.2, 0) is 6.54 Å². The number of fused-ring (bicyclic) bond motifs is 1. The first-order valence-corrected chi connectivity index (χ1v) is 9.31. The number of hydrogen-bond donors (Lipinski definition) is 0. The van der Waals surface area contributed by atoms with Gasteiger partial charge in [-0.25, -0.2) is 4.68 Å². The summed E-state index contributed by atoms with van der Waals surface area (Å²) in [5.41, 5.74) is 1.11. The van der Waals surface area contributed by atoms with Gasteiger partial charge in [0.25, 0.3) is 0 Å². The molecule has 0 N–H and O–H groups in total. The molecule has 4 rings (SSSR count). The molecule has 3 heterocycles. The molecule has 1 unspecified atom stereocenters. The standard InChI is InChI=1S/C18H26N6O2/c1-3-4-15(23-9-7-22(2)8-10-23)18-19-20-21-24(18)12-14-5-6-16-17(11-14)26-13-25-16/h5-6,11,15H,3-4,7-10,12-13H2,1-2H3. The van der Waals surface area contributed by atoms with Crippen LogP contribution in [-0.4, -0.2) is 70.0 Å². The second-order valence-electron chi connectivity index (χ2n) is 7.03. The highest BCUT2D eigenvalue weighted by molar-refractivity contribution is 5.44. The van der Waals surface area contributed by atoms with Gasteiger partial charge in [0.15, 0.2) is 17.3 Å². The van der Waals surface area contributed by atoms with Crippen molar-refractivity contribution in [1.82, 2.24) is 30.0 Å². The lowest BCUT2D eigenvalue weighted by Crippen LogP contribution is -2.46. The van der Waals surface area contributed by atoms with Gasteiger partial charge >= 0.3 is 0 Å². The highest BCUT2D eigenvalue weighted by Crippen LogP contribution is 2.33. The third-order valence-corrected chi connectivity index (χ3v) is 5.17. The van der Waals surface area contributed by atoms with Crippen molar-refractivity contribution in [2.24, 2.45) is 0 Å². The van der Waals surface area contributed by atoms with Crippen molar-refractivity contribution in [3.63, 3.8) is 0 Å². The molecule has 0 amide bonds. The van der Waals surface area contributed by atoms with Crippen LogP contribution in [0.5, 0.6) is 11.5 Å². The van der Waals surface area contributed by atoms with E-state index in [0.29, 0.717) is 6.54 Å². The average molecular weight is 358 g/mol. The van der Waals surface area contributed by atoms with Crippen LogP contribution in [0.4, 0.5) is 0 Å². The lowest BCUT2D eigenvalue weighted by molar-refractivity contribution is 0.0996. The van der Waals surface area contributed by atoms with Crippen LogP contribution in [0.1, 0.15) is 37.2 Å². The van der Waals surface area contributed by atoms with E-state index in [-0.39, 0.29) is 12.8 Å². The lowest BCUT2D eigenvalue weighted by atomic mass is 10.1. The van der Waals surface area contributed by atoms with Crippen molar-refractivity contribution in [2.75, 3.05) is 40.0 Å². The van der Waals surface area contributed by atoms with E-state index in [2.05, 4.69) is 39.3 Å². The number of aromatic nitrogens is 4. The number of tetrazole rings is 1. The molecule has 1 aromatic heterocycles. The molecular formula is C18H26N6O2. The second kappa shape index (κ2) is 7.59. The third-order valence-electron chi connectivity index (χ3n) is 5.17. The van der Waals surface area contributed by atoms with Crippen molar-refractivity contribution in [2.45, 2.75) is 32.4 Å². The predicted octanol–water partition coefficient (Wildman–Crippen LogP) is 1.54. The summed E-state index contributed by atoms with van der Waals surface area (Å²) in [6.45, 7) is 7.42. The van der Waals surface area contributed by atoms with E-state index in [1.165, 1.54) is 0 Å². The van der Waals surface area contributed by atoms with E-state index in [4.69, 9.17) is 9.47 Å². The Kier molecular flexibility index (Phi) is 5.03. The molecule has 26 heavy (non-hydrogen) atoms. The zero-order valence-electron chi connectivity index (χ0n) is 15.5. The number of piperazine rings is 1. The number of benzene rings is 1. The monoisotopic (exact) mass is 358 g/mol. The molecule has 1 saturated heterocycles. The molecule has 0 radical (unpaired) electrons. The summed E-state index contributed by atoms with van der Waals surface area (Å²) in [4.78, 5) is 4.89. The normalized spacial score (nSPS) is 19.0. The maximum absolute atomic E-state index is 5.48. The van der Waals surface area contributed by atoms with Crippen LogP contribution in [0, 0.1) is 0 Å². The Balaban J connectivity index is 1.54. The van der Waals surface area contributed by atoms with Gasteiger partial charge in [0, 0.05) is 26.2 Å². The van der Waals surface area contributed by atoms with Gasteiger partial charge in [-0.1, -0.05) is 19.4 Å². The van der Waals surface area contributed by atoms with Crippen LogP contribution in [0.3, 0.4) is 0 Å². The fraction of sp³-hybridized carbons (Fsp3) is 0.611. The van der Waals surface area contributed by atoms with Crippen molar-refractivity contribution in [3.05, 3.63) is 29.6 Å². The second-order valence-corrected chi connectivity index (χ2v) is 7.03. The first kappa shape index (κ1) is 17.2. The van der Waals surface area contributed by atoms with E-state index in [0.717, 1.165) is 61.9 Å². The third kappa shape index (κ3) is 3.52. The molecule has 1 aromatic carbocycles. The first-order valence-electron chi connectivity index (χ1n) is 9.31. The maximum atomic E-state index is 5.48. The van der Waals surface area contributed by atoms with Crippen LogP contribution in [0.2, 0.25) is 0 Å². The number of ether oxygens (including phenoxy) is 2. The van der Waals surface area contributed by atoms with E-state index < -0.39 is 0 Å². The zero-order valence-corrected chi connectivity index (χ0v) is 15.5. The first-order chi connectivity index (χ1) is 12.7. The smallest absolute Gasteiger partial charge is 0.231 e. The van der Waals surface area contributed by atoms with Crippen molar-refractivity contribution < 1.29 is 9.47 Å². The number of likely N-dealkylation sites (N-methyl/N-ethyl adjacent to an activating group) is 1. The zero-order chi connectivity index (χ0) is 17.9. The fourth-order valence-corrected chi connectivity index (χ4v) is 3.66. The van der Waals surface area contributed by atoms with Crippen LogP contribution < -0.4 is 9.47 Å². The Morgan fingerprint density at radius 3 is 2.73 bits per heavy atom. The van der Waals surface area contributed by atoms with Crippen LogP contribution >= 0.6 is 0 Å². The van der Waals surface area contributed by atoms with E-state index >= 15 is 0 Å². The quantitative estimate of drug-likeness (QED) is 0.776. The molecule has 140 valence electrons. The topological polar surface area (TPSA) is 68.5 Å². The Hall–Kier alpha value is -2.19. The minimum Gasteiger partial charge on any atom is -0.454 e. The van der Waals surface area contributed by atoms with Gasteiger partial charge in [0.05, 0.1) is 12.6 Å². The maximum Gasteiger partial charge on any atom is 0.231 e. The summed E-state index contributed by atoms with van der Waals surface area (Å²) in [5.74, 6) is 2.54. The van der Waals surface area contributed by atoms with E-state index in [9.17, 15) is 0 Å². The molecule has 8 nitrogen and oxygen atoms in total. The van der Waals surface area contributed by atoms with Gasteiger partial charge in [-0.05, 0) is 41.6 Å². The molecular weight excluding hydrogens is 332 g/mol.